The summed E-state index contributed by atoms with van der Waals surface area (Å²) in [6, 6.07) is 25.0. The molecule has 214 valence electrons. The molecule has 0 unspecified atom stereocenters. The monoisotopic (exact) mass is 572 g/mol. The van der Waals surface area contributed by atoms with Crippen molar-refractivity contribution >= 4 is 18.2 Å². The predicted molar refractivity (Wildman–Crippen MR) is 164 cm³/mol. The van der Waals surface area contributed by atoms with Gasteiger partial charge in [0.25, 0.3) is 5.69 Å². The molecule has 0 fully saturated rings. The van der Waals surface area contributed by atoms with E-state index in [1.165, 1.54) is 5.56 Å². The summed E-state index contributed by atoms with van der Waals surface area (Å²) in [4.78, 5) is 18.4. The van der Waals surface area contributed by atoms with Crippen molar-refractivity contribution in [2.24, 2.45) is 0 Å². The number of imidazole rings is 2. The van der Waals surface area contributed by atoms with Crippen LogP contribution in [0.4, 0.5) is 5.69 Å². The van der Waals surface area contributed by atoms with E-state index in [4.69, 9.17) is 5.21 Å². The van der Waals surface area contributed by atoms with Gasteiger partial charge in [-0.15, -0.1) is 0 Å². The summed E-state index contributed by atoms with van der Waals surface area (Å²) >= 11 is 0. The second kappa shape index (κ2) is 16.4. The predicted octanol–water partition coefficient (Wildman–Crippen LogP) is 5.61. The second-order valence-electron chi connectivity index (χ2n) is 9.27. The zero-order chi connectivity index (χ0) is 30.1. The number of hydroxylamine groups is 1. The standard InChI is InChI=1S/C17H16N3O.C11H10N2O.C6H6NO/c21-20(17-4-2-1-3-5-17)13-16-8-6-15(7-9-16)12-19-11-10-18-14-19;14-8-11-3-1-10(2-4-11)7-13-6-5-12-9-13;8-7-6-4-2-1-3-5-6/h1-11,13-14,21H,12H2;1-6,8-9H,7H2;1-4,7-8H/q+1;;+1/b20-13-;;. The van der Waals surface area contributed by atoms with E-state index in [-0.39, 0.29) is 0 Å². The topological polar surface area (TPSA) is 108 Å². The van der Waals surface area contributed by atoms with Crippen LogP contribution in [0.3, 0.4) is 0 Å². The SMILES string of the molecule is O/[N+](=C\c1ccc(Cn2ccnc2)cc1)c1ccccc1.O=Cc1ccc(Cn2ccnc2)cc1.ONC1=CC=CC=[C+]1. The third-order valence-electron chi connectivity index (χ3n) is 6.07. The van der Waals surface area contributed by atoms with Crippen LogP contribution < -0.4 is 5.48 Å². The van der Waals surface area contributed by atoms with E-state index in [1.807, 2.05) is 118 Å². The first-order chi connectivity index (χ1) is 21.1. The van der Waals surface area contributed by atoms with Gasteiger partial charge in [-0.2, -0.15) is 0 Å². The Hall–Kier alpha value is -5.89. The molecule has 0 radical (unpaired) electrons. The molecule has 9 heteroatoms. The number of allylic oxidation sites excluding steroid dienone is 5. The lowest BCUT2D eigenvalue weighted by atomic mass is 10.1. The van der Waals surface area contributed by atoms with Crippen molar-refractivity contribution in [2.45, 2.75) is 13.1 Å². The van der Waals surface area contributed by atoms with Crippen LogP contribution in [-0.4, -0.2) is 46.8 Å². The molecule has 43 heavy (non-hydrogen) atoms. The van der Waals surface area contributed by atoms with E-state index in [1.54, 1.807) is 43.4 Å². The van der Waals surface area contributed by atoms with Crippen LogP contribution in [-0.2, 0) is 13.1 Å². The first-order valence-electron chi connectivity index (χ1n) is 13.4. The number of benzene rings is 3. The highest BCUT2D eigenvalue weighted by Gasteiger charge is 2.06. The number of carbonyl (C=O) groups excluding carboxylic acids is 1. The Kier molecular flexibility index (Phi) is 11.5. The van der Waals surface area contributed by atoms with Crippen molar-refractivity contribution < 1.29 is 19.9 Å². The molecule has 0 bridgehead atoms. The Bertz CT molecular complexity index is 1640. The van der Waals surface area contributed by atoms with E-state index < -0.39 is 0 Å². The lowest BCUT2D eigenvalue weighted by Crippen LogP contribution is -2.04. The highest BCUT2D eigenvalue weighted by atomic mass is 16.5. The Labute approximate surface area is 250 Å². The fourth-order valence-electron chi connectivity index (χ4n) is 3.85. The normalized spacial score (nSPS) is 11.7. The van der Waals surface area contributed by atoms with Crippen LogP contribution in [0.15, 0.2) is 146 Å². The van der Waals surface area contributed by atoms with Crippen molar-refractivity contribution in [3.8, 4) is 0 Å². The molecule has 1 aliphatic rings. The van der Waals surface area contributed by atoms with Gasteiger partial charge in [0.15, 0.2) is 0 Å². The molecule has 0 saturated heterocycles. The number of aldehydes is 1. The molecule has 5 aromatic rings. The molecule has 3 N–H and O–H groups in total. The molecular weight excluding hydrogens is 540 g/mol. The van der Waals surface area contributed by atoms with Gasteiger partial charge < -0.3 is 9.13 Å². The molecule has 2 aromatic heterocycles. The summed E-state index contributed by atoms with van der Waals surface area (Å²) in [5.74, 6) is 0. The maximum Gasteiger partial charge on any atom is 0.257 e. The summed E-state index contributed by atoms with van der Waals surface area (Å²) in [6.07, 6.45) is 23.3. The number of rotatable bonds is 8. The van der Waals surface area contributed by atoms with Gasteiger partial charge in [0.05, 0.1) is 30.9 Å². The Balaban J connectivity index is 0.000000165. The average Bonchev–Trinajstić information content (AvgIpc) is 3.79. The van der Waals surface area contributed by atoms with E-state index in [0.717, 1.165) is 40.9 Å². The zero-order valence-electron chi connectivity index (χ0n) is 23.4. The summed E-state index contributed by atoms with van der Waals surface area (Å²) in [5, 5.41) is 18.3. The van der Waals surface area contributed by atoms with Crippen molar-refractivity contribution in [1.29, 1.82) is 0 Å². The zero-order valence-corrected chi connectivity index (χ0v) is 23.4. The molecule has 0 amide bonds. The van der Waals surface area contributed by atoms with Crippen LogP contribution in [0.1, 0.15) is 27.0 Å². The molecule has 0 saturated carbocycles. The Morgan fingerprint density at radius 2 is 1.37 bits per heavy atom. The highest BCUT2D eigenvalue weighted by Crippen LogP contribution is 2.10. The lowest BCUT2D eigenvalue weighted by Gasteiger charge is -2.02. The van der Waals surface area contributed by atoms with E-state index in [0.29, 0.717) is 11.3 Å². The van der Waals surface area contributed by atoms with Crippen LogP contribution in [0.25, 0.3) is 0 Å². The van der Waals surface area contributed by atoms with Gasteiger partial charge in [-0.1, -0.05) is 54.6 Å². The number of carbonyl (C=O) groups is 1. The van der Waals surface area contributed by atoms with Gasteiger partial charge in [0.1, 0.15) is 12.4 Å². The van der Waals surface area contributed by atoms with Gasteiger partial charge in [0, 0.05) is 72.0 Å². The minimum Gasteiger partial charge on any atom is -0.333 e. The van der Waals surface area contributed by atoms with Crippen LogP contribution >= 0.6 is 0 Å². The van der Waals surface area contributed by atoms with Crippen molar-refractivity contribution in [3.05, 3.63) is 175 Å². The van der Waals surface area contributed by atoms with Crippen molar-refractivity contribution in [3.63, 3.8) is 0 Å². The van der Waals surface area contributed by atoms with Gasteiger partial charge >= 0.3 is 0 Å². The second-order valence-corrected chi connectivity index (χ2v) is 9.27. The fourth-order valence-corrected chi connectivity index (χ4v) is 3.85. The van der Waals surface area contributed by atoms with Gasteiger partial charge in [-0.25, -0.2) is 15.4 Å². The van der Waals surface area contributed by atoms with Gasteiger partial charge in [0.2, 0.25) is 11.9 Å². The molecule has 0 aliphatic heterocycles. The third-order valence-corrected chi connectivity index (χ3v) is 6.07. The molecule has 1 aliphatic carbocycles. The fraction of sp³-hybridized carbons (Fsp3) is 0.0588. The Morgan fingerprint density at radius 3 is 1.81 bits per heavy atom. The van der Waals surface area contributed by atoms with Gasteiger partial charge in [-0.3, -0.25) is 15.2 Å². The number of nitrogens with zero attached hydrogens (tertiary/aromatic N) is 5. The largest absolute Gasteiger partial charge is 0.333 e. The number of aromatic nitrogens is 4. The minimum absolute atomic E-state index is 0.590. The number of hydrogen-bond acceptors (Lipinski definition) is 6. The number of hydrogen-bond donors (Lipinski definition) is 3. The summed E-state index contributed by atoms with van der Waals surface area (Å²) in [5.41, 5.74) is 7.30. The maximum absolute atomic E-state index is 10.4. The molecule has 6 rings (SSSR count). The van der Waals surface area contributed by atoms with Crippen molar-refractivity contribution in [2.75, 3.05) is 0 Å². The summed E-state index contributed by atoms with van der Waals surface area (Å²) in [6.45, 7) is 1.58. The Morgan fingerprint density at radius 1 is 0.791 bits per heavy atom. The minimum atomic E-state index is 0.590. The quantitative estimate of drug-likeness (QED) is 0.0558. The van der Waals surface area contributed by atoms with E-state index >= 15 is 0 Å². The lowest BCUT2D eigenvalue weighted by molar-refractivity contribution is -0.709. The molecule has 9 nitrogen and oxygen atoms in total. The van der Waals surface area contributed by atoms with E-state index in [2.05, 4.69) is 16.0 Å². The van der Waals surface area contributed by atoms with Gasteiger partial charge in [-0.05, 0) is 23.3 Å². The molecular formula is C34H32N6O3+2. The number of para-hydroxylation sites is 1. The number of nitrogens with one attached hydrogen (secondary N) is 1. The smallest absolute Gasteiger partial charge is 0.257 e. The maximum atomic E-state index is 10.4. The highest BCUT2D eigenvalue weighted by molar-refractivity contribution is 5.76. The first-order valence-corrected chi connectivity index (χ1v) is 13.4. The third kappa shape index (κ3) is 10.2. The van der Waals surface area contributed by atoms with Crippen LogP contribution in [0.5, 0.6) is 0 Å². The average molecular weight is 573 g/mol. The molecule has 0 spiro atoms. The van der Waals surface area contributed by atoms with Crippen LogP contribution in [0, 0.1) is 6.08 Å². The van der Waals surface area contributed by atoms with Crippen LogP contribution in [0.2, 0.25) is 0 Å². The van der Waals surface area contributed by atoms with E-state index in [9.17, 15) is 10.0 Å². The van der Waals surface area contributed by atoms with Crippen molar-refractivity contribution in [1.82, 2.24) is 24.6 Å². The molecule has 2 heterocycles. The first kappa shape index (κ1) is 30.1. The molecule has 0 atom stereocenters. The summed E-state index contributed by atoms with van der Waals surface area (Å²) in [7, 11) is 0. The summed E-state index contributed by atoms with van der Waals surface area (Å²) < 4.78 is 5.13. The molecule has 3 aromatic carbocycles.